The first-order chi connectivity index (χ1) is 6.84. The number of hydrogen-bond donors (Lipinski definition) is 2. The van der Waals surface area contributed by atoms with Gasteiger partial charge in [0.1, 0.15) is 10.4 Å². The molecule has 0 spiro atoms. The first-order valence-electron chi connectivity index (χ1n) is 3.93. The van der Waals surface area contributed by atoms with E-state index in [1.165, 1.54) is 0 Å². The van der Waals surface area contributed by atoms with Crippen molar-refractivity contribution in [2.75, 3.05) is 5.32 Å². The number of nitrogens with one attached hydrogen (secondary N) is 2. The van der Waals surface area contributed by atoms with E-state index in [4.69, 9.17) is 0 Å². The Morgan fingerprint density at radius 3 is 3.07 bits per heavy atom. The lowest BCUT2D eigenvalue weighted by Crippen LogP contribution is -2.02. The van der Waals surface area contributed by atoms with Crippen LogP contribution in [0.2, 0.25) is 0 Å². The summed E-state index contributed by atoms with van der Waals surface area (Å²) in [5.74, 6) is 1.37. The summed E-state index contributed by atoms with van der Waals surface area (Å²) >= 11 is 3.28. The summed E-state index contributed by atoms with van der Waals surface area (Å²) < 4.78 is 0.788. The fourth-order valence-corrected chi connectivity index (χ4v) is 1.28. The molecule has 2 rings (SSSR count). The molecule has 2 heterocycles. The number of aromatic amines is 1. The lowest BCUT2D eigenvalue weighted by Gasteiger charge is -2.01. The number of anilines is 1. The molecule has 0 bridgehead atoms. The van der Waals surface area contributed by atoms with Gasteiger partial charge >= 0.3 is 0 Å². The standard InChI is InChI=1S/C7H7BrN6/c8-5-2-1-3-6(10-5)9-4-7-11-13-14-12-7/h1-3H,4H2,(H,9,10)(H,11,12,13,14). The van der Waals surface area contributed by atoms with Crippen LogP contribution in [0.25, 0.3) is 0 Å². The average Bonchev–Trinajstić information content (AvgIpc) is 2.67. The summed E-state index contributed by atoms with van der Waals surface area (Å²) in [6.07, 6.45) is 0. The summed E-state index contributed by atoms with van der Waals surface area (Å²) in [5.41, 5.74) is 0. The van der Waals surface area contributed by atoms with Gasteiger partial charge in [0.2, 0.25) is 0 Å². The van der Waals surface area contributed by atoms with Gasteiger partial charge in [0, 0.05) is 0 Å². The van der Waals surface area contributed by atoms with Crippen LogP contribution < -0.4 is 5.32 Å². The van der Waals surface area contributed by atoms with E-state index in [2.05, 4.69) is 46.9 Å². The van der Waals surface area contributed by atoms with Crippen LogP contribution in [0.5, 0.6) is 0 Å². The lowest BCUT2D eigenvalue weighted by atomic mass is 10.4. The Balaban J connectivity index is 1.98. The zero-order valence-electron chi connectivity index (χ0n) is 7.11. The molecule has 0 fully saturated rings. The molecular weight excluding hydrogens is 248 g/mol. The lowest BCUT2D eigenvalue weighted by molar-refractivity contribution is 0.881. The number of nitrogens with zero attached hydrogens (tertiary/aromatic N) is 4. The second-order valence-electron chi connectivity index (χ2n) is 2.53. The van der Waals surface area contributed by atoms with Gasteiger partial charge in [0.25, 0.3) is 0 Å². The van der Waals surface area contributed by atoms with Crippen molar-refractivity contribution in [1.29, 1.82) is 0 Å². The molecule has 0 radical (unpaired) electrons. The molecule has 0 unspecified atom stereocenters. The van der Waals surface area contributed by atoms with Crippen molar-refractivity contribution in [3.63, 3.8) is 0 Å². The first-order valence-corrected chi connectivity index (χ1v) is 4.72. The number of aromatic nitrogens is 5. The SMILES string of the molecule is Brc1cccc(NCc2nn[nH]n2)n1. The zero-order chi connectivity index (χ0) is 9.80. The van der Waals surface area contributed by atoms with Crippen LogP contribution in [0, 0.1) is 0 Å². The van der Waals surface area contributed by atoms with Gasteiger partial charge in [-0.05, 0) is 28.1 Å². The molecule has 0 amide bonds. The van der Waals surface area contributed by atoms with E-state index in [-0.39, 0.29) is 0 Å². The van der Waals surface area contributed by atoms with Crippen molar-refractivity contribution < 1.29 is 0 Å². The largest absolute Gasteiger partial charge is 0.363 e. The van der Waals surface area contributed by atoms with E-state index in [0.29, 0.717) is 12.4 Å². The molecule has 2 aromatic rings. The maximum atomic E-state index is 4.19. The van der Waals surface area contributed by atoms with Gasteiger partial charge in [-0.25, -0.2) is 4.98 Å². The number of halogens is 1. The molecule has 7 heteroatoms. The second-order valence-corrected chi connectivity index (χ2v) is 3.34. The van der Waals surface area contributed by atoms with Crippen LogP contribution in [-0.4, -0.2) is 25.6 Å². The van der Waals surface area contributed by atoms with Crippen LogP contribution in [0.1, 0.15) is 5.82 Å². The fourth-order valence-electron chi connectivity index (χ4n) is 0.934. The van der Waals surface area contributed by atoms with Crippen LogP contribution in [0.15, 0.2) is 22.8 Å². The maximum absolute atomic E-state index is 4.19. The average molecular weight is 255 g/mol. The highest BCUT2D eigenvalue weighted by Crippen LogP contribution is 2.10. The van der Waals surface area contributed by atoms with Gasteiger partial charge in [0.15, 0.2) is 5.82 Å². The smallest absolute Gasteiger partial charge is 0.193 e. The topological polar surface area (TPSA) is 79.4 Å². The molecule has 0 aliphatic heterocycles. The summed E-state index contributed by atoms with van der Waals surface area (Å²) in [6.45, 7) is 0.500. The number of H-pyrrole nitrogens is 1. The van der Waals surface area contributed by atoms with Crippen LogP contribution in [0.3, 0.4) is 0 Å². The molecule has 6 nitrogen and oxygen atoms in total. The Labute approximate surface area is 88.3 Å². The number of hydrogen-bond acceptors (Lipinski definition) is 5. The van der Waals surface area contributed by atoms with Crippen LogP contribution in [0.4, 0.5) is 5.82 Å². The van der Waals surface area contributed by atoms with E-state index in [9.17, 15) is 0 Å². The molecule has 0 saturated heterocycles. The molecule has 72 valence electrons. The number of tetrazole rings is 1. The van der Waals surface area contributed by atoms with Crippen molar-refractivity contribution in [3.8, 4) is 0 Å². The molecule has 0 aromatic carbocycles. The highest BCUT2D eigenvalue weighted by atomic mass is 79.9. The normalized spacial score (nSPS) is 10.1. The third-order valence-corrected chi connectivity index (χ3v) is 1.97. The molecule has 14 heavy (non-hydrogen) atoms. The third kappa shape index (κ3) is 2.25. The van der Waals surface area contributed by atoms with E-state index in [1.54, 1.807) is 0 Å². The van der Waals surface area contributed by atoms with Crippen molar-refractivity contribution in [2.45, 2.75) is 6.54 Å². The molecule has 0 atom stereocenters. The van der Waals surface area contributed by atoms with Crippen molar-refractivity contribution in [1.82, 2.24) is 25.6 Å². The molecule has 0 aliphatic rings. The van der Waals surface area contributed by atoms with Crippen molar-refractivity contribution in [3.05, 3.63) is 28.6 Å². The second kappa shape index (κ2) is 4.14. The summed E-state index contributed by atoms with van der Waals surface area (Å²) in [5, 5.41) is 16.5. The Morgan fingerprint density at radius 1 is 1.43 bits per heavy atom. The van der Waals surface area contributed by atoms with Gasteiger partial charge in [-0.15, -0.1) is 10.2 Å². The van der Waals surface area contributed by atoms with Gasteiger partial charge in [-0.2, -0.15) is 5.21 Å². The van der Waals surface area contributed by atoms with Crippen LogP contribution in [-0.2, 0) is 6.54 Å². The summed E-state index contributed by atoms with van der Waals surface area (Å²) in [4.78, 5) is 4.19. The van der Waals surface area contributed by atoms with Crippen LogP contribution >= 0.6 is 15.9 Å². The Hall–Kier alpha value is -1.50. The Bertz CT molecular complexity index is 400. The highest BCUT2D eigenvalue weighted by Gasteiger charge is 1.98. The highest BCUT2D eigenvalue weighted by molar-refractivity contribution is 9.10. The minimum absolute atomic E-state index is 0.500. The van der Waals surface area contributed by atoms with Gasteiger partial charge in [-0.1, -0.05) is 11.3 Å². The van der Waals surface area contributed by atoms with E-state index in [0.717, 1.165) is 10.4 Å². The third-order valence-electron chi connectivity index (χ3n) is 1.53. The fraction of sp³-hybridized carbons (Fsp3) is 0.143. The molecule has 2 N–H and O–H groups in total. The minimum atomic E-state index is 0.500. The van der Waals surface area contributed by atoms with E-state index in [1.807, 2.05) is 18.2 Å². The minimum Gasteiger partial charge on any atom is -0.363 e. The van der Waals surface area contributed by atoms with Crippen molar-refractivity contribution >= 4 is 21.7 Å². The van der Waals surface area contributed by atoms with Gasteiger partial charge in [0.05, 0.1) is 6.54 Å². The van der Waals surface area contributed by atoms with Gasteiger partial charge in [-0.3, -0.25) is 0 Å². The van der Waals surface area contributed by atoms with E-state index >= 15 is 0 Å². The summed E-state index contributed by atoms with van der Waals surface area (Å²) in [7, 11) is 0. The molecule has 0 aliphatic carbocycles. The predicted octanol–water partition coefficient (Wildman–Crippen LogP) is 0.969. The monoisotopic (exact) mass is 254 g/mol. The quantitative estimate of drug-likeness (QED) is 0.799. The molecule has 0 saturated carbocycles. The van der Waals surface area contributed by atoms with E-state index < -0.39 is 0 Å². The van der Waals surface area contributed by atoms with Gasteiger partial charge < -0.3 is 5.32 Å². The molecule has 2 aromatic heterocycles. The summed E-state index contributed by atoms with van der Waals surface area (Å²) in [6, 6.07) is 5.63. The maximum Gasteiger partial charge on any atom is 0.193 e. The predicted molar refractivity (Wildman–Crippen MR) is 53.4 cm³/mol. The Kier molecular flexibility index (Phi) is 2.68. The zero-order valence-corrected chi connectivity index (χ0v) is 8.69. The number of pyridine rings is 1. The van der Waals surface area contributed by atoms with Crippen molar-refractivity contribution in [2.24, 2.45) is 0 Å². The first kappa shape index (κ1) is 9.07. The Morgan fingerprint density at radius 2 is 2.36 bits per heavy atom. The number of rotatable bonds is 3. The molecular formula is C7H7BrN6.